The third-order valence-electron chi connectivity index (χ3n) is 3.19. The van der Waals surface area contributed by atoms with E-state index in [9.17, 15) is 18.3 Å². The molecule has 1 aromatic carbocycles. The Hall–Kier alpha value is -2.26. The van der Waals surface area contributed by atoms with Gasteiger partial charge in [-0.3, -0.25) is 4.79 Å². The maximum Gasteiger partial charge on any atom is 0.502 e. The number of phenols is 1. The van der Waals surface area contributed by atoms with Crippen LogP contribution < -0.4 is 14.1 Å². The monoisotopic (exact) mass is 312 g/mol. The Morgan fingerprint density at radius 2 is 2.10 bits per heavy atom. The minimum absolute atomic E-state index is 0.146. The molecule has 0 aliphatic carbocycles. The van der Waals surface area contributed by atoms with E-state index in [1.807, 2.05) is 0 Å². The molecule has 112 valence electrons. The first-order valence-electron chi connectivity index (χ1n) is 6.10. The maximum absolute atomic E-state index is 11.8. The van der Waals surface area contributed by atoms with Crippen LogP contribution in [-0.2, 0) is 16.8 Å². The molecule has 0 atom stereocenters. The zero-order chi connectivity index (χ0) is 15.4. The minimum Gasteiger partial charge on any atom is -0.504 e. The van der Waals surface area contributed by atoms with Crippen molar-refractivity contribution >= 4 is 27.2 Å². The van der Waals surface area contributed by atoms with Crippen molar-refractivity contribution in [3.63, 3.8) is 0 Å². The molecule has 0 amide bonds. The van der Waals surface area contributed by atoms with Crippen LogP contribution in [0.4, 0.5) is 0 Å². The number of hydrogen-bond acceptors (Lipinski definition) is 7. The van der Waals surface area contributed by atoms with Crippen LogP contribution in [-0.4, -0.2) is 30.5 Å². The number of aromatic hydroxyl groups is 1. The standard InChI is InChI=1S/C12H12N2O6S/c1-6(15)14-8-2-3-9(16)11-10(8)7(4-5-13)12(14)20-21(17,18)19-11/h2-3,16H,4-5,13H2,1H3. The van der Waals surface area contributed by atoms with E-state index in [1.165, 1.54) is 19.1 Å². The average Bonchev–Trinajstić information content (AvgIpc) is 2.60. The summed E-state index contributed by atoms with van der Waals surface area (Å²) in [6.07, 6.45) is 0.265. The summed E-state index contributed by atoms with van der Waals surface area (Å²) in [5.74, 6) is -1.18. The van der Waals surface area contributed by atoms with Crippen molar-refractivity contribution < 1.29 is 26.7 Å². The summed E-state index contributed by atoms with van der Waals surface area (Å²) in [6, 6.07) is 2.75. The van der Waals surface area contributed by atoms with Crippen molar-refractivity contribution in [1.82, 2.24) is 4.57 Å². The number of carbonyl (C=O) groups excluding carboxylic acids is 1. The molecule has 2 heterocycles. The van der Waals surface area contributed by atoms with Crippen LogP contribution >= 0.6 is 0 Å². The first-order chi connectivity index (χ1) is 9.85. The zero-order valence-electron chi connectivity index (χ0n) is 11.0. The molecule has 3 N–H and O–H groups in total. The molecule has 1 aromatic heterocycles. The number of rotatable bonds is 2. The zero-order valence-corrected chi connectivity index (χ0v) is 11.8. The summed E-state index contributed by atoms with van der Waals surface area (Å²) in [7, 11) is -4.43. The van der Waals surface area contributed by atoms with Crippen molar-refractivity contribution in [2.75, 3.05) is 6.54 Å². The molecule has 8 nitrogen and oxygen atoms in total. The van der Waals surface area contributed by atoms with Gasteiger partial charge in [0.2, 0.25) is 11.8 Å². The highest BCUT2D eigenvalue weighted by Gasteiger charge is 2.34. The number of nitrogens with zero attached hydrogens (tertiary/aromatic N) is 1. The van der Waals surface area contributed by atoms with Crippen LogP contribution in [0.3, 0.4) is 0 Å². The van der Waals surface area contributed by atoms with Gasteiger partial charge in [-0.25, -0.2) is 4.57 Å². The second-order valence-corrected chi connectivity index (χ2v) is 5.71. The predicted molar refractivity (Wildman–Crippen MR) is 72.8 cm³/mol. The second kappa shape index (κ2) is 4.37. The van der Waals surface area contributed by atoms with Crippen LogP contribution in [0, 0.1) is 0 Å². The molecule has 3 rings (SSSR count). The molecule has 1 aliphatic heterocycles. The Morgan fingerprint density at radius 3 is 2.71 bits per heavy atom. The van der Waals surface area contributed by atoms with E-state index in [0.717, 1.165) is 4.57 Å². The lowest BCUT2D eigenvalue weighted by Crippen LogP contribution is -2.20. The third-order valence-corrected chi connectivity index (χ3v) is 3.93. The highest BCUT2D eigenvalue weighted by atomic mass is 32.3. The SMILES string of the molecule is CC(=O)n1c2c(CCN)c3c(c(O)ccc31)OS(=O)(=O)O2. The molecular formula is C12H12N2O6S. The average molecular weight is 312 g/mol. The van der Waals surface area contributed by atoms with Gasteiger partial charge in [0.15, 0.2) is 11.5 Å². The lowest BCUT2D eigenvalue weighted by atomic mass is 10.1. The molecule has 0 fully saturated rings. The van der Waals surface area contributed by atoms with Crippen LogP contribution in [0.1, 0.15) is 17.3 Å². The van der Waals surface area contributed by atoms with Crippen molar-refractivity contribution in [2.24, 2.45) is 5.73 Å². The summed E-state index contributed by atoms with van der Waals surface area (Å²) < 4.78 is 34.3. The van der Waals surface area contributed by atoms with E-state index in [1.54, 1.807) is 0 Å². The normalized spacial score (nSPS) is 15.5. The molecule has 2 bridgehead atoms. The van der Waals surface area contributed by atoms with Gasteiger partial charge in [0, 0.05) is 12.5 Å². The van der Waals surface area contributed by atoms with Gasteiger partial charge in [-0.2, -0.15) is 0 Å². The van der Waals surface area contributed by atoms with Crippen molar-refractivity contribution in [3.8, 4) is 17.4 Å². The maximum atomic E-state index is 11.8. The lowest BCUT2D eigenvalue weighted by Gasteiger charge is -2.12. The summed E-state index contributed by atoms with van der Waals surface area (Å²) in [6.45, 7) is 1.49. The quantitative estimate of drug-likeness (QED) is 0.829. The number of hydrogen-bond donors (Lipinski definition) is 2. The van der Waals surface area contributed by atoms with Crippen molar-refractivity contribution in [3.05, 3.63) is 17.7 Å². The van der Waals surface area contributed by atoms with Gasteiger partial charge in [0.25, 0.3) is 0 Å². The van der Waals surface area contributed by atoms with Gasteiger partial charge >= 0.3 is 10.4 Å². The van der Waals surface area contributed by atoms with Crippen LogP contribution in [0.15, 0.2) is 12.1 Å². The molecule has 2 aromatic rings. The summed E-state index contributed by atoms with van der Waals surface area (Å²) in [5, 5.41) is 10.2. The number of aromatic nitrogens is 1. The summed E-state index contributed by atoms with van der Waals surface area (Å²) >= 11 is 0. The highest BCUT2D eigenvalue weighted by molar-refractivity contribution is 7.82. The van der Waals surface area contributed by atoms with E-state index in [2.05, 4.69) is 0 Å². The lowest BCUT2D eigenvalue weighted by molar-refractivity contribution is 0.0936. The van der Waals surface area contributed by atoms with Crippen molar-refractivity contribution in [1.29, 1.82) is 0 Å². The van der Waals surface area contributed by atoms with Gasteiger partial charge in [-0.15, -0.1) is 8.42 Å². The van der Waals surface area contributed by atoms with E-state index < -0.39 is 16.3 Å². The van der Waals surface area contributed by atoms with Gasteiger partial charge in [-0.1, -0.05) is 0 Å². The molecule has 0 spiro atoms. The van der Waals surface area contributed by atoms with Gasteiger partial charge in [0.1, 0.15) is 0 Å². The van der Waals surface area contributed by atoms with Gasteiger partial charge in [0.05, 0.1) is 10.9 Å². The van der Waals surface area contributed by atoms with E-state index in [0.29, 0.717) is 16.5 Å². The third kappa shape index (κ3) is 1.93. The molecule has 0 radical (unpaired) electrons. The number of phenolic OH excluding ortho intramolecular Hbond substituents is 1. The molecule has 0 saturated heterocycles. The molecular weight excluding hydrogens is 300 g/mol. The predicted octanol–water partition coefficient (Wildman–Crippen LogP) is 0.524. The topological polar surface area (TPSA) is 121 Å². The number of benzene rings is 1. The van der Waals surface area contributed by atoms with Crippen LogP contribution in [0.5, 0.6) is 17.4 Å². The number of fused-ring (bicyclic) bond motifs is 1. The molecule has 21 heavy (non-hydrogen) atoms. The highest BCUT2D eigenvalue weighted by Crippen LogP contribution is 2.46. The largest absolute Gasteiger partial charge is 0.504 e. The fourth-order valence-electron chi connectivity index (χ4n) is 2.47. The van der Waals surface area contributed by atoms with E-state index in [4.69, 9.17) is 14.1 Å². The van der Waals surface area contributed by atoms with E-state index >= 15 is 0 Å². The molecule has 1 aliphatic rings. The summed E-state index contributed by atoms with van der Waals surface area (Å²) in [4.78, 5) is 11.8. The minimum atomic E-state index is -4.43. The second-order valence-electron chi connectivity index (χ2n) is 4.56. The number of nitrogens with two attached hydrogens (primary N) is 1. The first-order valence-corrected chi connectivity index (χ1v) is 7.43. The van der Waals surface area contributed by atoms with Gasteiger partial charge < -0.3 is 19.2 Å². The molecule has 9 heteroatoms. The van der Waals surface area contributed by atoms with Gasteiger partial charge in [-0.05, 0) is 25.1 Å². The number of carbonyl (C=O) groups is 1. The van der Waals surface area contributed by atoms with Crippen LogP contribution in [0.25, 0.3) is 10.9 Å². The van der Waals surface area contributed by atoms with E-state index in [-0.39, 0.29) is 30.3 Å². The van der Waals surface area contributed by atoms with Crippen LogP contribution in [0.2, 0.25) is 0 Å². The summed E-state index contributed by atoms with van der Waals surface area (Å²) in [5.41, 5.74) is 6.34. The molecule has 0 unspecified atom stereocenters. The fraction of sp³-hybridized carbons (Fsp3) is 0.250. The Morgan fingerprint density at radius 1 is 1.38 bits per heavy atom. The Balaban J connectivity index is 2.53. The Labute approximate surface area is 120 Å². The Bertz CT molecular complexity index is 868. The van der Waals surface area contributed by atoms with Crippen molar-refractivity contribution in [2.45, 2.75) is 13.3 Å². The Kier molecular flexibility index (Phi) is 2.85. The molecule has 0 saturated carbocycles. The smallest absolute Gasteiger partial charge is 0.502 e. The first kappa shape index (κ1) is 13.7. The fourth-order valence-corrected chi connectivity index (χ4v) is 3.24.